The summed E-state index contributed by atoms with van der Waals surface area (Å²) in [6.07, 6.45) is 5.05. The lowest BCUT2D eigenvalue weighted by Crippen LogP contribution is -2.38. The smallest absolute Gasteiger partial charge is 0.247 e. The number of amides is 2. The molecule has 0 aliphatic heterocycles. The van der Waals surface area contributed by atoms with Crippen molar-refractivity contribution < 1.29 is 9.59 Å². The first-order valence-electron chi connectivity index (χ1n) is 12.6. The van der Waals surface area contributed by atoms with Crippen LogP contribution in [0.1, 0.15) is 30.9 Å². The maximum Gasteiger partial charge on any atom is 0.247 e. The van der Waals surface area contributed by atoms with Gasteiger partial charge in [-0.1, -0.05) is 91.7 Å². The largest absolute Gasteiger partial charge is 0.330 e. The zero-order chi connectivity index (χ0) is 26.0. The van der Waals surface area contributed by atoms with Crippen molar-refractivity contribution in [2.24, 2.45) is 0 Å². The van der Waals surface area contributed by atoms with E-state index in [1.165, 1.54) is 6.08 Å². The van der Waals surface area contributed by atoms with Crippen LogP contribution < -0.4 is 5.32 Å². The van der Waals surface area contributed by atoms with Gasteiger partial charge >= 0.3 is 0 Å². The van der Waals surface area contributed by atoms with Crippen LogP contribution in [0.15, 0.2) is 97.1 Å². The number of carbonyl (C=O) groups is 2. The van der Waals surface area contributed by atoms with E-state index in [1.54, 1.807) is 15.7 Å². The summed E-state index contributed by atoms with van der Waals surface area (Å²) in [5.74, 6) is 0.0883. The molecule has 0 aliphatic carbocycles. The van der Waals surface area contributed by atoms with Gasteiger partial charge in [-0.25, -0.2) is 4.68 Å². The molecule has 3 aromatic carbocycles. The predicted molar refractivity (Wildman–Crippen MR) is 149 cm³/mol. The molecule has 37 heavy (non-hydrogen) atoms. The number of aromatic nitrogens is 2. The third kappa shape index (κ3) is 7.04. The molecule has 1 N–H and O–H groups in total. The van der Waals surface area contributed by atoms with Gasteiger partial charge in [-0.2, -0.15) is 5.10 Å². The third-order valence-corrected chi connectivity index (χ3v) is 5.97. The molecule has 0 spiro atoms. The van der Waals surface area contributed by atoms with Crippen LogP contribution in [0.25, 0.3) is 23.0 Å². The standard InChI is InChI=1S/C31H32N4O2/c1-3-4-21-34(31(37)20-17-25-11-7-5-8-12-25)23-30(36)32-29-22-28(26-13-9-6-10-14-26)33-35(29)27-18-15-24(2)16-19-27/h5-20,22H,3-4,21,23H2,1-2H3,(H,32,36). The lowest BCUT2D eigenvalue weighted by atomic mass is 10.1. The van der Waals surface area contributed by atoms with Gasteiger partial charge in [-0.3, -0.25) is 9.59 Å². The lowest BCUT2D eigenvalue weighted by molar-refractivity contribution is -0.130. The lowest BCUT2D eigenvalue weighted by Gasteiger charge is -2.20. The molecular formula is C31H32N4O2. The fraction of sp³-hybridized carbons (Fsp3) is 0.194. The number of hydrogen-bond donors (Lipinski definition) is 1. The van der Waals surface area contributed by atoms with E-state index in [9.17, 15) is 9.59 Å². The number of unbranched alkanes of at least 4 members (excludes halogenated alkanes) is 1. The molecule has 0 radical (unpaired) electrons. The molecule has 4 aromatic rings. The maximum atomic E-state index is 13.2. The van der Waals surface area contributed by atoms with Gasteiger partial charge in [0.25, 0.3) is 0 Å². The fourth-order valence-electron chi connectivity index (χ4n) is 3.91. The van der Waals surface area contributed by atoms with Crippen molar-refractivity contribution in [3.63, 3.8) is 0 Å². The van der Waals surface area contributed by atoms with Crippen molar-refractivity contribution in [3.05, 3.63) is 108 Å². The second kappa shape index (κ2) is 12.5. The summed E-state index contributed by atoms with van der Waals surface area (Å²) in [7, 11) is 0. The minimum Gasteiger partial charge on any atom is -0.330 e. The summed E-state index contributed by atoms with van der Waals surface area (Å²) in [4.78, 5) is 27.7. The van der Waals surface area contributed by atoms with Crippen molar-refractivity contribution in [1.82, 2.24) is 14.7 Å². The van der Waals surface area contributed by atoms with Crippen LogP contribution in [-0.4, -0.2) is 39.6 Å². The Bertz CT molecular complexity index is 1340. The van der Waals surface area contributed by atoms with Crippen molar-refractivity contribution in [2.75, 3.05) is 18.4 Å². The second-order valence-electron chi connectivity index (χ2n) is 8.93. The molecule has 188 valence electrons. The first-order valence-corrected chi connectivity index (χ1v) is 12.6. The monoisotopic (exact) mass is 492 g/mol. The number of aryl methyl sites for hydroxylation is 1. The molecule has 6 heteroatoms. The summed E-state index contributed by atoms with van der Waals surface area (Å²) in [5.41, 5.74) is 4.62. The van der Waals surface area contributed by atoms with Crippen molar-refractivity contribution in [2.45, 2.75) is 26.7 Å². The maximum absolute atomic E-state index is 13.2. The van der Waals surface area contributed by atoms with Gasteiger partial charge in [0.2, 0.25) is 11.8 Å². The highest BCUT2D eigenvalue weighted by molar-refractivity contribution is 5.98. The molecule has 4 rings (SSSR count). The first kappa shape index (κ1) is 25.6. The Kier molecular flexibility index (Phi) is 8.66. The van der Waals surface area contributed by atoms with E-state index >= 15 is 0 Å². The normalized spacial score (nSPS) is 11.0. The Morgan fingerprint density at radius 1 is 0.946 bits per heavy atom. The molecule has 1 aromatic heterocycles. The van der Waals surface area contributed by atoms with E-state index in [0.29, 0.717) is 12.4 Å². The van der Waals surface area contributed by atoms with Crippen LogP contribution >= 0.6 is 0 Å². The second-order valence-corrected chi connectivity index (χ2v) is 8.93. The van der Waals surface area contributed by atoms with E-state index in [1.807, 2.05) is 97.9 Å². The Balaban J connectivity index is 1.55. The summed E-state index contributed by atoms with van der Waals surface area (Å²) in [6.45, 7) is 4.55. The number of anilines is 1. The SMILES string of the molecule is CCCCN(CC(=O)Nc1cc(-c2ccccc2)nn1-c1ccc(C)cc1)C(=O)C=Cc1ccccc1. The summed E-state index contributed by atoms with van der Waals surface area (Å²) >= 11 is 0. The summed E-state index contributed by atoms with van der Waals surface area (Å²) in [5, 5.41) is 7.76. The zero-order valence-corrected chi connectivity index (χ0v) is 21.3. The third-order valence-electron chi connectivity index (χ3n) is 5.97. The molecule has 0 saturated carbocycles. The zero-order valence-electron chi connectivity index (χ0n) is 21.3. The number of rotatable bonds is 10. The molecule has 0 saturated heterocycles. The Morgan fingerprint density at radius 3 is 2.30 bits per heavy atom. The molecular weight excluding hydrogens is 460 g/mol. The van der Waals surface area contributed by atoms with Crippen molar-refractivity contribution in [3.8, 4) is 16.9 Å². The van der Waals surface area contributed by atoms with Crippen LogP contribution in [0.4, 0.5) is 5.82 Å². The molecule has 0 bridgehead atoms. The van der Waals surface area contributed by atoms with E-state index in [-0.39, 0.29) is 18.4 Å². The average Bonchev–Trinajstić information content (AvgIpc) is 3.34. The number of carbonyl (C=O) groups excluding carboxylic acids is 2. The predicted octanol–water partition coefficient (Wildman–Crippen LogP) is 6.13. The number of hydrogen-bond acceptors (Lipinski definition) is 3. The van der Waals surface area contributed by atoms with Gasteiger partial charge in [0, 0.05) is 24.3 Å². The van der Waals surface area contributed by atoms with Gasteiger partial charge in [-0.05, 0) is 37.1 Å². The number of benzene rings is 3. The minimum atomic E-state index is -0.273. The minimum absolute atomic E-state index is 0.0439. The Hall–Kier alpha value is -4.45. The van der Waals surface area contributed by atoms with E-state index in [4.69, 9.17) is 5.10 Å². The summed E-state index contributed by atoms with van der Waals surface area (Å²) in [6, 6.07) is 29.3. The molecule has 0 atom stereocenters. The number of nitrogens with one attached hydrogen (secondary N) is 1. The molecule has 6 nitrogen and oxygen atoms in total. The van der Waals surface area contributed by atoms with Crippen LogP contribution in [0.2, 0.25) is 0 Å². The van der Waals surface area contributed by atoms with Crippen LogP contribution in [0.5, 0.6) is 0 Å². The van der Waals surface area contributed by atoms with Crippen molar-refractivity contribution >= 4 is 23.7 Å². The highest BCUT2D eigenvalue weighted by Crippen LogP contribution is 2.25. The highest BCUT2D eigenvalue weighted by Gasteiger charge is 2.18. The van der Waals surface area contributed by atoms with Gasteiger partial charge < -0.3 is 10.2 Å². The average molecular weight is 493 g/mol. The Labute approximate surface area is 218 Å². The fourth-order valence-corrected chi connectivity index (χ4v) is 3.91. The molecule has 0 aliphatic rings. The highest BCUT2D eigenvalue weighted by atomic mass is 16.2. The summed E-state index contributed by atoms with van der Waals surface area (Å²) < 4.78 is 1.73. The van der Waals surface area contributed by atoms with Crippen molar-refractivity contribution in [1.29, 1.82) is 0 Å². The number of nitrogens with zero attached hydrogens (tertiary/aromatic N) is 3. The molecule has 1 heterocycles. The van der Waals surface area contributed by atoms with Crippen LogP contribution in [0, 0.1) is 6.92 Å². The quantitative estimate of drug-likeness (QED) is 0.271. The molecule has 2 amide bonds. The first-order chi connectivity index (χ1) is 18.0. The van der Waals surface area contributed by atoms with Crippen LogP contribution in [-0.2, 0) is 9.59 Å². The topological polar surface area (TPSA) is 67.2 Å². The van der Waals surface area contributed by atoms with Gasteiger partial charge in [0.15, 0.2) is 0 Å². The van der Waals surface area contributed by atoms with E-state index < -0.39 is 0 Å². The Morgan fingerprint density at radius 2 is 1.62 bits per heavy atom. The van der Waals surface area contributed by atoms with Gasteiger partial charge in [-0.15, -0.1) is 0 Å². The van der Waals surface area contributed by atoms with Gasteiger partial charge in [0.1, 0.15) is 12.4 Å². The van der Waals surface area contributed by atoms with E-state index in [0.717, 1.165) is 40.9 Å². The van der Waals surface area contributed by atoms with Gasteiger partial charge in [0.05, 0.1) is 11.4 Å². The van der Waals surface area contributed by atoms with E-state index in [2.05, 4.69) is 12.2 Å². The molecule has 0 unspecified atom stereocenters. The molecule has 0 fully saturated rings. The van der Waals surface area contributed by atoms with Crippen LogP contribution in [0.3, 0.4) is 0 Å².